The highest BCUT2D eigenvalue weighted by Crippen LogP contribution is 2.25. The number of carbonyl (C=O) groups is 3. The summed E-state index contributed by atoms with van der Waals surface area (Å²) in [6.45, 7) is 1.62. The normalized spacial score (nSPS) is 18.6. The molecule has 0 aromatic heterocycles. The van der Waals surface area contributed by atoms with Crippen molar-refractivity contribution in [2.24, 2.45) is 0 Å². The Balaban J connectivity index is 1.59. The molecule has 29 heavy (non-hydrogen) atoms. The third-order valence-corrected chi connectivity index (χ3v) is 5.11. The summed E-state index contributed by atoms with van der Waals surface area (Å²) >= 11 is 0. The Labute approximate surface area is 170 Å². The van der Waals surface area contributed by atoms with Crippen molar-refractivity contribution in [2.75, 3.05) is 13.7 Å². The number of ether oxygens (including phenoxy) is 2. The molecule has 0 unspecified atom stereocenters. The summed E-state index contributed by atoms with van der Waals surface area (Å²) in [4.78, 5) is 36.1. The highest BCUT2D eigenvalue weighted by Gasteiger charge is 2.30. The molecule has 2 amide bonds. The van der Waals surface area contributed by atoms with Crippen molar-refractivity contribution in [3.05, 3.63) is 46.7 Å². The number of hydrogen-bond acceptors (Lipinski definition) is 5. The summed E-state index contributed by atoms with van der Waals surface area (Å²) in [5.74, 6) is -0.463. The van der Waals surface area contributed by atoms with E-state index in [0.29, 0.717) is 11.4 Å². The van der Waals surface area contributed by atoms with Crippen LogP contribution in [-0.2, 0) is 19.1 Å². The number of rotatable bonds is 6. The highest BCUT2D eigenvalue weighted by atomic mass is 16.5. The van der Waals surface area contributed by atoms with E-state index in [1.54, 1.807) is 37.3 Å². The Morgan fingerprint density at radius 1 is 1.17 bits per heavy atom. The Morgan fingerprint density at radius 3 is 2.52 bits per heavy atom. The van der Waals surface area contributed by atoms with E-state index >= 15 is 0 Å². The van der Waals surface area contributed by atoms with Crippen LogP contribution in [0.2, 0.25) is 0 Å². The van der Waals surface area contributed by atoms with Gasteiger partial charge < -0.3 is 20.1 Å². The molecular weight excluding hydrogens is 372 g/mol. The minimum atomic E-state index is -0.559. The zero-order valence-electron chi connectivity index (χ0n) is 16.7. The van der Waals surface area contributed by atoms with Gasteiger partial charge in [-0.2, -0.15) is 0 Å². The third-order valence-electron chi connectivity index (χ3n) is 5.11. The fourth-order valence-corrected chi connectivity index (χ4v) is 3.61. The number of methoxy groups -OCH3 is 1. The molecule has 3 rings (SSSR count). The molecule has 7 nitrogen and oxygen atoms in total. The predicted octanol–water partition coefficient (Wildman–Crippen LogP) is 2.47. The van der Waals surface area contributed by atoms with Gasteiger partial charge in [0.15, 0.2) is 6.61 Å². The molecular formula is C22H26N2O5. The van der Waals surface area contributed by atoms with Gasteiger partial charge in [0.2, 0.25) is 0 Å². The number of esters is 1. The smallest absolute Gasteiger partial charge is 0.340 e. The van der Waals surface area contributed by atoms with Gasteiger partial charge in [-0.3, -0.25) is 9.59 Å². The van der Waals surface area contributed by atoms with Gasteiger partial charge >= 0.3 is 5.97 Å². The molecule has 1 aliphatic carbocycles. The molecule has 0 atom stereocenters. The molecule has 1 heterocycles. The van der Waals surface area contributed by atoms with Crippen molar-refractivity contribution in [1.29, 1.82) is 0 Å². The minimum absolute atomic E-state index is 0.0340. The van der Waals surface area contributed by atoms with E-state index in [2.05, 4.69) is 10.6 Å². The monoisotopic (exact) mass is 398 g/mol. The molecule has 0 radical (unpaired) electrons. The molecule has 0 saturated heterocycles. The van der Waals surface area contributed by atoms with E-state index in [1.807, 2.05) is 0 Å². The highest BCUT2D eigenvalue weighted by molar-refractivity contribution is 6.16. The van der Waals surface area contributed by atoms with E-state index in [4.69, 9.17) is 9.47 Å². The Bertz CT molecular complexity index is 848. The lowest BCUT2D eigenvalue weighted by molar-refractivity contribution is -0.136. The summed E-state index contributed by atoms with van der Waals surface area (Å²) in [6, 6.07) is 7.23. The molecule has 1 aromatic rings. The number of benzene rings is 1. The van der Waals surface area contributed by atoms with Crippen LogP contribution >= 0.6 is 0 Å². The average Bonchev–Trinajstić information content (AvgIpc) is 3.00. The fourth-order valence-electron chi connectivity index (χ4n) is 3.61. The van der Waals surface area contributed by atoms with Crippen LogP contribution in [0.15, 0.2) is 41.1 Å². The topological polar surface area (TPSA) is 93.7 Å². The van der Waals surface area contributed by atoms with Crippen molar-refractivity contribution >= 4 is 23.9 Å². The van der Waals surface area contributed by atoms with Crippen LogP contribution in [0, 0.1) is 0 Å². The second-order valence-corrected chi connectivity index (χ2v) is 7.26. The molecule has 1 aliphatic heterocycles. The van der Waals surface area contributed by atoms with Gasteiger partial charge in [-0.25, -0.2) is 4.79 Å². The molecule has 1 saturated carbocycles. The molecule has 0 bridgehead atoms. The van der Waals surface area contributed by atoms with E-state index in [0.717, 1.165) is 31.2 Å². The summed E-state index contributed by atoms with van der Waals surface area (Å²) < 4.78 is 10.3. The van der Waals surface area contributed by atoms with Gasteiger partial charge in [-0.1, -0.05) is 31.4 Å². The SMILES string of the molecule is COC(=O)C1=C(C)NC(=O)C1=Cc1ccc(OCC(=O)NC2CCCCC2)cc1. The molecule has 154 valence electrons. The first-order valence-corrected chi connectivity index (χ1v) is 9.82. The zero-order chi connectivity index (χ0) is 20.8. The average molecular weight is 398 g/mol. The maximum atomic E-state index is 12.1. The van der Waals surface area contributed by atoms with Crippen LogP contribution in [0.3, 0.4) is 0 Å². The number of nitrogens with one attached hydrogen (secondary N) is 2. The van der Waals surface area contributed by atoms with E-state index in [1.165, 1.54) is 13.5 Å². The minimum Gasteiger partial charge on any atom is -0.484 e. The van der Waals surface area contributed by atoms with Crippen molar-refractivity contribution in [3.8, 4) is 5.75 Å². The number of allylic oxidation sites excluding steroid dienone is 1. The van der Waals surface area contributed by atoms with Crippen LogP contribution in [0.5, 0.6) is 5.75 Å². The van der Waals surface area contributed by atoms with Crippen LogP contribution < -0.4 is 15.4 Å². The van der Waals surface area contributed by atoms with Crippen LogP contribution in [0.1, 0.15) is 44.6 Å². The first-order valence-electron chi connectivity index (χ1n) is 9.82. The molecule has 2 aliphatic rings. The fraction of sp³-hybridized carbons (Fsp3) is 0.409. The first-order chi connectivity index (χ1) is 14.0. The Hall–Kier alpha value is -3.09. The summed E-state index contributed by atoms with van der Waals surface area (Å²) in [5, 5.41) is 5.64. The maximum Gasteiger partial charge on any atom is 0.340 e. The third kappa shape index (κ3) is 5.25. The second-order valence-electron chi connectivity index (χ2n) is 7.26. The summed E-state index contributed by atoms with van der Waals surface area (Å²) in [7, 11) is 1.28. The number of carbonyl (C=O) groups excluding carboxylic acids is 3. The second kappa shape index (κ2) is 9.41. The van der Waals surface area contributed by atoms with Gasteiger partial charge in [0.1, 0.15) is 5.75 Å². The van der Waals surface area contributed by atoms with Crippen molar-refractivity contribution in [3.63, 3.8) is 0 Å². The van der Waals surface area contributed by atoms with E-state index < -0.39 is 5.97 Å². The molecule has 0 spiro atoms. The van der Waals surface area contributed by atoms with E-state index in [-0.39, 0.29) is 35.6 Å². The maximum absolute atomic E-state index is 12.1. The molecule has 1 fully saturated rings. The molecule has 2 N–H and O–H groups in total. The number of amides is 2. The van der Waals surface area contributed by atoms with Crippen LogP contribution in [-0.4, -0.2) is 37.5 Å². The zero-order valence-corrected chi connectivity index (χ0v) is 16.7. The summed E-state index contributed by atoms with van der Waals surface area (Å²) in [5.41, 5.74) is 1.69. The van der Waals surface area contributed by atoms with Crippen molar-refractivity contribution < 1.29 is 23.9 Å². The lowest BCUT2D eigenvalue weighted by atomic mass is 9.95. The van der Waals surface area contributed by atoms with Crippen LogP contribution in [0.25, 0.3) is 6.08 Å². The summed E-state index contributed by atoms with van der Waals surface area (Å²) in [6.07, 6.45) is 7.25. The van der Waals surface area contributed by atoms with Crippen molar-refractivity contribution in [2.45, 2.75) is 45.1 Å². The lowest BCUT2D eigenvalue weighted by Gasteiger charge is -2.22. The lowest BCUT2D eigenvalue weighted by Crippen LogP contribution is -2.38. The van der Waals surface area contributed by atoms with Crippen molar-refractivity contribution in [1.82, 2.24) is 10.6 Å². The molecule has 1 aromatic carbocycles. The van der Waals surface area contributed by atoms with Crippen LogP contribution in [0.4, 0.5) is 0 Å². The van der Waals surface area contributed by atoms with Gasteiger partial charge in [0, 0.05) is 11.7 Å². The largest absolute Gasteiger partial charge is 0.484 e. The van der Waals surface area contributed by atoms with Gasteiger partial charge in [0.05, 0.1) is 18.3 Å². The van der Waals surface area contributed by atoms with E-state index in [9.17, 15) is 14.4 Å². The quantitative estimate of drug-likeness (QED) is 0.567. The van der Waals surface area contributed by atoms with Gasteiger partial charge in [-0.05, 0) is 43.5 Å². The number of hydrogen-bond donors (Lipinski definition) is 2. The standard InChI is InChI=1S/C22H26N2O5/c1-14-20(22(27)28-2)18(21(26)23-14)12-15-8-10-17(11-9-15)29-13-19(25)24-16-6-4-3-5-7-16/h8-12,16H,3-7,13H2,1-2H3,(H,23,26)(H,24,25). The Morgan fingerprint density at radius 2 is 1.86 bits per heavy atom. The van der Waals surface area contributed by atoms with Gasteiger partial charge in [0.25, 0.3) is 11.8 Å². The first kappa shape index (κ1) is 20.6. The Kier molecular flexibility index (Phi) is 6.69. The van der Waals surface area contributed by atoms with Gasteiger partial charge in [-0.15, -0.1) is 0 Å². The molecule has 7 heteroatoms. The predicted molar refractivity (Wildman–Crippen MR) is 108 cm³/mol.